The van der Waals surface area contributed by atoms with Crippen LogP contribution >= 0.6 is 0 Å². The zero-order chi connectivity index (χ0) is 10.0. The van der Waals surface area contributed by atoms with E-state index in [2.05, 4.69) is 13.2 Å². The first-order chi connectivity index (χ1) is 5.41. The van der Waals surface area contributed by atoms with Crippen LogP contribution in [0.1, 0.15) is 0 Å². The van der Waals surface area contributed by atoms with Crippen molar-refractivity contribution in [1.29, 1.82) is 0 Å². The van der Waals surface area contributed by atoms with E-state index in [-0.39, 0.29) is 7.43 Å². The monoisotopic (exact) mass is 208 g/mol. The molecule has 0 unspecified atom stereocenters. The van der Waals surface area contributed by atoms with Crippen LogP contribution in [0.4, 0.5) is 0 Å². The second-order valence-electron chi connectivity index (χ2n) is 1.56. The van der Waals surface area contributed by atoms with Gasteiger partial charge in [0.25, 0.3) is 0 Å². The van der Waals surface area contributed by atoms with Crippen LogP contribution in [0.15, 0.2) is 25.3 Å². The molecule has 76 valence electrons. The summed E-state index contributed by atoms with van der Waals surface area (Å²) in [6.45, 7) is 8.18. The van der Waals surface area contributed by atoms with Gasteiger partial charge < -0.3 is 4.74 Å². The first kappa shape index (κ1) is 18.2. The van der Waals surface area contributed by atoms with Gasteiger partial charge in [-0.1, -0.05) is 12.2 Å². The van der Waals surface area contributed by atoms with Gasteiger partial charge in [0.05, 0.1) is 13.2 Å². The van der Waals surface area contributed by atoms with Gasteiger partial charge in [-0.25, -0.2) is 0 Å². The average molecular weight is 208 g/mol. The first-order valence-electron chi connectivity index (χ1n) is 2.91. The lowest BCUT2D eigenvalue weighted by Crippen LogP contribution is -1.89. The molecular weight excluding hydrogens is 196 g/mol. The van der Waals surface area contributed by atoms with Crippen molar-refractivity contribution in [2.75, 3.05) is 13.2 Å². The summed E-state index contributed by atoms with van der Waals surface area (Å²) < 4.78 is 36.5. The quantitative estimate of drug-likeness (QED) is 0.405. The van der Waals surface area contributed by atoms with Gasteiger partial charge in [-0.3, -0.25) is 9.11 Å². The molecule has 0 amide bonds. The lowest BCUT2D eigenvalue weighted by molar-refractivity contribution is 0.194. The molecular formula is C7H12O5S. The molecule has 5 nitrogen and oxygen atoms in total. The second-order valence-corrected chi connectivity index (χ2v) is 2.46. The molecule has 0 aromatic carbocycles. The Labute approximate surface area is 79.3 Å². The lowest BCUT2D eigenvalue weighted by Gasteiger charge is -1.89. The van der Waals surface area contributed by atoms with E-state index < -0.39 is 10.4 Å². The van der Waals surface area contributed by atoms with Gasteiger partial charge in [0.15, 0.2) is 0 Å². The molecule has 0 aliphatic rings. The SMILES string of the molecule is C=CCOCC=C.O=S(=O)(O)O.[C]. The Balaban J connectivity index is -0.000000150. The van der Waals surface area contributed by atoms with Gasteiger partial charge in [-0.15, -0.1) is 13.2 Å². The number of ether oxygens (including phenoxy) is 1. The fourth-order valence-electron chi connectivity index (χ4n) is 0.235. The summed E-state index contributed by atoms with van der Waals surface area (Å²) in [4.78, 5) is 0. The van der Waals surface area contributed by atoms with E-state index in [1.807, 2.05) is 0 Å². The third kappa shape index (κ3) is 89.5. The van der Waals surface area contributed by atoms with Crippen molar-refractivity contribution in [2.24, 2.45) is 0 Å². The second kappa shape index (κ2) is 11.3. The van der Waals surface area contributed by atoms with E-state index >= 15 is 0 Å². The Morgan fingerprint density at radius 2 is 1.38 bits per heavy atom. The fraction of sp³-hybridized carbons (Fsp3) is 0.286. The van der Waals surface area contributed by atoms with Gasteiger partial charge in [-0.2, -0.15) is 8.42 Å². The standard InChI is InChI=1S/C6H10O.C.H2O4S/c1-3-5-7-6-4-2;;1-5(2,3)4/h3-4H,1-2,5-6H2;;(H2,1,2,3,4). The Hall–Kier alpha value is -0.690. The van der Waals surface area contributed by atoms with Gasteiger partial charge in [-0.05, 0) is 0 Å². The summed E-state index contributed by atoms with van der Waals surface area (Å²) in [5.74, 6) is 0. The molecule has 0 saturated heterocycles. The molecule has 2 N–H and O–H groups in total. The molecule has 0 aliphatic carbocycles. The van der Waals surface area contributed by atoms with Crippen molar-refractivity contribution in [3.8, 4) is 0 Å². The van der Waals surface area contributed by atoms with Crippen molar-refractivity contribution in [1.82, 2.24) is 0 Å². The lowest BCUT2D eigenvalue weighted by atomic mass is 10.6. The molecule has 0 fully saturated rings. The topological polar surface area (TPSA) is 83.8 Å². The average Bonchev–Trinajstić information content (AvgIpc) is 1.85. The molecule has 13 heavy (non-hydrogen) atoms. The summed E-state index contributed by atoms with van der Waals surface area (Å²) in [7, 11) is -4.67. The normalized spacial score (nSPS) is 8.77. The zero-order valence-electron chi connectivity index (χ0n) is 7.01. The number of hydrogen-bond acceptors (Lipinski definition) is 3. The van der Waals surface area contributed by atoms with E-state index in [4.69, 9.17) is 22.3 Å². The Morgan fingerprint density at radius 3 is 1.54 bits per heavy atom. The maximum atomic E-state index is 8.74. The molecule has 0 aliphatic heterocycles. The number of rotatable bonds is 4. The van der Waals surface area contributed by atoms with Crippen molar-refractivity contribution < 1.29 is 22.3 Å². The predicted molar refractivity (Wildman–Crippen MR) is 48.6 cm³/mol. The molecule has 0 rings (SSSR count). The van der Waals surface area contributed by atoms with Crippen LogP contribution in [0, 0.1) is 7.43 Å². The van der Waals surface area contributed by atoms with Crippen molar-refractivity contribution >= 4 is 10.4 Å². The van der Waals surface area contributed by atoms with Gasteiger partial charge in [0, 0.05) is 7.43 Å². The van der Waals surface area contributed by atoms with Crippen molar-refractivity contribution in [3.05, 3.63) is 32.7 Å². The fourth-order valence-corrected chi connectivity index (χ4v) is 0.235. The maximum absolute atomic E-state index is 8.74. The van der Waals surface area contributed by atoms with Crippen LogP contribution in [0.5, 0.6) is 0 Å². The molecule has 0 aromatic rings. The molecule has 0 heterocycles. The van der Waals surface area contributed by atoms with E-state index in [0.29, 0.717) is 13.2 Å². The van der Waals surface area contributed by atoms with Crippen LogP contribution < -0.4 is 0 Å². The highest BCUT2D eigenvalue weighted by molar-refractivity contribution is 7.79. The van der Waals surface area contributed by atoms with Crippen LogP contribution in [-0.4, -0.2) is 30.7 Å². The van der Waals surface area contributed by atoms with Crippen molar-refractivity contribution in [2.45, 2.75) is 0 Å². The maximum Gasteiger partial charge on any atom is 0.394 e. The van der Waals surface area contributed by atoms with Crippen LogP contribution in [0.3, 0.4) is 0 Å². The highest BCUT2D eigenvalue weighted by atomic mass is 32.3. The zero-order valence-corrected chi connectivity index (χ0v) is 7.83. The molecule has 0 saturated carbocycles. The molecule has 4 radical (unpaired) electrons. The summed E-state index contributed by atoms with van der Waals surface area (Å²) in [6.07, 6.45) is 3.42. The molecule has 6 heteroatoms. The predicted octanol–water partition coefficient (Wildman–Crippen LogP) is 0.803. The van der Waals surface area contributed by atoms with Gasteiger partial charge in [0.2, 0.25) is 0 Å². The third-order valence-corrected chi connectivity index (χ3v) is 0.471. The minimum absolute atomic E-state index is 0. The minimum Gasteiger partial charge on any atom is -0.373 e. The van der Waals surface area contributed by atoms with Crippen LogP contribution in [0.2, 0.25) is 0 Å². The third-order valence-electron chi connectivity index (χ3n) is 0.471. The number of hydrogen-bond donors (Lipinski definition) is 2. The Kier molecular flexibility index (Phi) is 15.8. The van der Waals surface area contributed by atoms with E-state index in [1.165, 1.54) is 0 Å². The summed E-state index contributed by atoms with van der Waals surface area (Å²) in [6, 6.07) is 0. The highest BCUT2D eigenvalue weighted by Crippen LogP contribution is 1.72. The van der Waals surface area contributed by atoms with E-state index in [9.17, 15) is 0 Å². The van der Waals surface area contributed by atoms with Crippen LogP contribution in [0.25, 0.3) is 0 Å². The Bertz CT molecular complexity index is 191. The van der Waals surface area contributed by atoms with Gasteiger partial charge in [0.1, 0.15) is 0 Å². The summed E-state index contributed by atoms with van der Waals surface area (Å²) in [5, 5.41) is 0. The van der Waals surface area contributed by atoms with E-state index in [0.717, 1.165) is 0 Å². The van der Waals surface area contributed by atoms with Gasteiger partial charge >= 0.3 is 10.4 Å². The van der Waals surface area contributed by atoms with Crippen molar-refractivity contribution in [3.63, 3.8) is 0 Å². The Morgan fingerprint density at radius 1 is 1.15 bits per heavy atom. The van der Waals surface area contributed by atoms with Crippen LogP contribution in [-0.2, 0) is 15.1 Å². The smallest absolute Gasteiger partial charge is 0.373 e. The molecule has 0 aromatic heterocycles. The first-order valence-corrected chi connectivity index (χ1v) is 4.31. The molecule has 0 bridgehead atoms. The molecule has 0 atom stereocenters. The molecule has 0 spiro atoms. The minimum atomic E-state index is -4.67. The summed E-state index contributed by atoms with van der Waals surface area (Å²) in [5.41, 5.74) is 0. The summed E-state index contributed by atoms with van der Waals surface area (Å²) >= 11 is 0. The van der Waals surface area contributed by atoms with E-state index in [1.54, 1.807) is 12.2 Å². The largest absolute Gasteiger partial charge is 0.394 e. The highest BCUT2D eigenvalue weighted by Gasteiger charge is 1.84.